The van der Waals surface area contributed by atoms with Gasteiger partial charge in [0, 0.05) is 30.0 Å². The van der Waals surface area contributed by atoms with E-state index in [-0.39, 0.29) is 49.8 Å². The van der Waals surface area contributed by atoms with Crippen LogP contribution in [0.15, 0.2) is 42.5 Å². The molecule has 7 nitrogen and oxygen atoms in total. The third-order valence-corrected chi connectivity index (χ3v) is 6.70. The summed E-state index contributed by atoms with van der Waals surface area (Å²) in [6, 6.07) is 12.6. The Morgan fingerprint density at radius 3 is 2.65 bits per heavy atom. The molecule has 1 N–H and O–H groups in total. The second kappa shape index (κ2) is 9.03. The molecule has 5 rings (SSSR count). The minimum absolute atomic E-state index is 0.00261. The standard InChI is InChI=1S/C27H28N2O5/c1-17(2)4-3-5-18-6-8-19(9-7-18)26-21-13-28(14-25(31)29(21)22(26)15-30)27(32)20-10-11-23-24(12-20)34-16-33-23/h6-12,17,21-22,26,30H,4,13-16H2,1-2H3/t21-,22-,26+/m0/s1. The van der Waals surface area contributed by atoms with Gasteiger partial charge in [0.05, 0.1) is 18.7 Å². The van der Waals surface area contributed by atoms with Crippen molar-refractivity contribution < 1.29 is 24.2 Å². The number of hydrogen-bond donors (Lipinski definition) is 1. The first-order valence-corrected chi connectivity index (χ1v) is 11.7. The molecule has 0 aliphatic carbocycles. The summed E-state index contributed by atoms with van der Waals surface area (Å²) >= 11 is 0. The van der Waals surface area contributed by atoms with Gasteiger partial charge in [-0.3, -0.25) is 9.59 Å². The fraction of sp³-hybridized carbons (Fsp3) is 0.407. The van der Waals surface area contributed by atoms with E-state index in [4.69, 9.17) is 9.47 Å². The third kappa shape index (κ3) is 3.99. The van der Waals surface area contributed by atoms with Crippen LogP contribution in [0, 0.1) is 17.8 Å². The van der Waals surface area contributed by atoms with E-state index in [0.717, 1.165) is 17.5 Å². The van der Waals surface area contributed by atoms with Crippen molar-refractivity contribution in [2.45, 2.75) is 38.3 Å². The van der Waals surface area contributed by atoms with Crippen molar-refractivity contribution in [3.05, 3.63) is 59.2 Å². The van der Waals surface area contributed by atoms with Gasteiger partial charge in [-0.15, -0.1) is 0 Å². The van der Waals surface area contributed by atoms with E-state index in [1.165, 1.54) is 0 Å². The largest absolute Gasteiger partial charge is 0.454 e. The van der Waals surface area contributed by atoms with Crippen molar-refractivity contribution >= 4 is 11.8 Å². The molecule has 2 amide bonds. The fourth-order valence-electron chi connectivity index (χ4n) is 5.01. The Morgan fingerprint density at radius 1 is 1.15 bits per heavy atom. The Balaban J connectivity index is 1.34. The van der Waals surface area contributed by atoms with Gasteiger partial charge >= 0.3 is 0 Å². The van der Waals surface area contributed by atoms with Gasteiger partial charge in [-0.1, -0.05) is 37.8 Å². The average molecular weight is 461 g/mol. The van der Waals surface area contributed by atoms with Crippen molar-refractivity contribution in [1.82, 2.24) is 9.80 Å². The predicted molar refractivity (Wildman–Crippen MR) is 125 cm³/mol. The second-order valence-electron chi connectivity index (χ2n) is 9.42. The van der Waals surface area contributed by atoms with Crippen LogP contribution in [0.2, 0.25) is 0 Å². The highest BCUT2D eigenvalue weighted by Gasteiger charge is 2.54. The summed E-state index contributed by atoms with van der Waals surface area (Å²) in [4.78, 5) is 29.5. The molecule has 0 spiro atoms. The summed E-state index contributed by atoms with van der Waals surface area (Å²) in [6.45, 7) is 4.72. The number of rotatable bonds is 4. The van der Waals surface area contributed by atoms with E-state index in [1.54, 1.807) is 28.0 Å². The van der Waals surface area contributed by atoms with E-state index in [1.807, 2.05) is 24.3 Å². The summed E-state index contributed by atoms with van der Waals surface area (Å²) in [5.41, 5.74) is 2.45. The number of carbonyl (C=O) groups excluding carboxylic acids is 2. The minimum atomic E-state index is -0.279. The van der Waals surface area contributed by atoms with Crippen LogP contribution in [0.1, 0.15) is 47.7 Å². The van der Waals surface area contributed by atoms with Crippen molar-refractivity contribution in [1.29, 1.82) is 0 Å². The molecule has 3 aliphatic rings. The monoisotopic (exact) mass is 460 g/mol. The van der Waals surface area contributed by atoms with Gasteiger partial charge in [0.1, 0.15) is 6.54 Å². The summed E-state index contributed by atoms with van der Waals surface area (Å²) in [7, 11) is 0. The molecule has 2 fully saturated rings. The molecule has 2 saturated heterocycles. The number of aliphatic hydroxyl groups is 1. The molecule has 0 aromatic heterocycles. The highest BCUT2D eigenvalue weighted by molar-refractivity contribution is 5.98. The third-order valence-electron chi connectivity index (χ3n) is 6.70. The zero-order chi connectivity index (χ0) is 23.8. The van der Waals surface area contributed by atoms with E-state index in [2.05, 4.69) is 25.7 Å². The van der Waals surface area contributed by atoms with Crippen molar-refractivity contribution in [2.75, 3.05) is 26.5 Å². The normalized spacial score (nSPS) is 22.7. The van der Waals surface area contributed by atoms with Crippen LogP contribution in [0.3, 0.4) is 0 Å². The molecule has 3 heterocycles. The topological polar surface area (TPSA) is 79.3 Å². The molecular formula is C27H28N2O5. The predicted octanol–water partition coefficient (Wildman–Crippen LogP) is 2.62. The number of hydrogen-bond acceptors (Lipinski definition) is 5. The molecule has 0 saturated carbocycles. The first-order valence-electron chi connectivity index (χ1n) is 11.7. The smallest absolute Gasteiger partial charge is 0.254 e. The number of aliphatic hydroxyl groups excluding tert-OH is 1. The zero-order valence-corrected chi connectivity index (χ0v) is 19.4. The first-order chi connectivity index (χ1) is 16.5. The van der Waals surface area contributed by atoms with Crippen molar-refractivity contribution in [3.8, 4) is 23.3 Å². The molecule has 34 heavy (non-hydrogen) atoms. The molecule has 3 atom stereocenters. The minimum Gasteiger partial charge on any atom is -0.454 e. The Morgan fingerprint density at radius 2 is 1.91 bits per heavy atom. The highest BCUT2D eigenvalue weighted by Crippen LogP contribution is 2.43. The van der Waals surface area contributed by atoms with Crippen LogP contribution in [0.25, 0.3) is 0 Å². The Labute approximate surface area is 199 Å². The zero-order valence-electron chi connectivity index (χ0n) is 19.4. The molecular weight excluding hydrogens is 432 g/mol. The summed E-state index contributed by atoms with van der Waals surface area (Å²) in [5, 5.41) is 10.0. The van der Waals surface area contributed by atoms with E-state index in [0.29, 0.717) is 29.5 Å². The van der Waals surface area contributed by atoms with Crippen LogP contribution in [0.4, 0.5) is 0 Å². The lowest BCUT2D eigenvalue weighted by molar-refractivity contribution is -0.159. The van der Waals surface area contributed by atoms with Gasteiger partial charge in [0.15, 0.2) is 11.5 Å². The number of ether oxygens (including phenoxy) is 2. The molecule has 2 aromatic carbocycles. The number of carbonyl (C=O) groups is 2. The maximum absolute atomic E-state index is 13.2. The van der Waals surface area contributed by atoms with Gasteiger partial charge in [0.25, 0.3) is 5.91 Å². The molecule has 2 aromatic rings. The number of piperazine rings is 1. The van der Waals surface area contributed by atoms with Crippen LogP contribution in [-0.4, -0.2) is 65.3 Å². The number of benzene rings is 2. The molecule has 0 bridgehead atoms. The van der Waals surface area contributed by atoms with Gasteiger partial charge in [0.2, 0.25) is 12.7 Å². The number of amides is 2. The van der Waals surface area contributed by atoms with Gasteiger partial charge < -0.3 is 24.4 Å². The fourth-order valence-corrected chi connectivity index (χ4v) is 5.01. The summed E-state index contributed by atoms with van der Waals surface area (Å²) in [6.07, 6.45) is 0.851. The van der Waals surface area contributed by atoms with E-state index in [9.17, 15) is 14.7 Å². The summed E-state index contributed by atoms with van der Waals surface area (Å²) in [5.74, 6) is 7.66. The Hall–Kier alpha value is -3.50. The lowest BCUT2D eigenvalue weighted by Gasteiger charge is -2.58. The van der Waals surface area contributed by atoms with Crippen LogP contribution in [0.5, 0.6) is 11.5 Å². The van der Waals surface area contributed by atoms with Crippen molar-refractivity contribution in [3.63, 3.8) is 0 Å². The Kier molecular flexibility index (Phi) is 5.93. The molecule has 7 heteroatoms. The Bertz CT molecular complexity index is 1160. The lowest BCUT2D eigenvalue weighted by atomic mass is 9.73. The average Bonchev–Trinajstić information content (AvgIpc) is 3.28. The lowest BCUT2D eigenvalue weighted by Crippen LogP contribution is -2.73. The van der Waals surface area contributed by atoms with Crippen molar-refractivity contribution in [2.24, 2.45) is 5.92 Å². The maximum Gasteiger partial charge on any atom is 0.254 e. The van der Waals surface area contributed by atoms with Gasteiger partial charge in [-0.2, -0.15) is 0 Å². The molecule has 0 radical (unpaired) electrons. The molecule has 0 unspecified atom stereocenters. The molecule has 176 valence electrons. The van der Waals surface area contributed by atoms with E-state index >= 15 is 0 Å². The second-order valence-corrected chi connectivity index (χ2v) is 9.42. The summed E-state index contributed by atoms with van der Waals surface area (Å²) < 4.78 is 10.7. The molecule has 3 aliphatic heterocycles. The van der Waals surface area contributed by atoms with Crippen LogP contribution >= 0.6 is 0 Å². The quantitative estimate of drug-likeness (QED) is 0.710. The van der Waals surface area contributed by atoms with Gasteiger partial charge in [-0.05, 0) is 41.8 Å². The van der Waals surface area contributed by atoms with Crippen LogP contribution < -0.4 is 9.47 Å². The maximum atomic E-state index is 13.2. The SMILES string of the molecule is CC(C)CC#Cc1ccc([C@H]2[C@H](CO)N3C(=O)CN(C(=O)c4ccc5c(c4)OCO5)C[C@@H]23)cc1. The number of fused-ring (bicyclic) bond motifs is 2. The highest BCUT2D eigenvalue weighted by atomic mass is 16.7. The van der Waals surface area contributed by atoms with E-state index < -0.39 is 0 Å². The van der Waals surface area contributed by atoms with Gasteiger partial charge in [-0.25, -0.2) is 0 Å². The first kappa shape index (κ1) is 22.3. The number of nitrogens with zero attached hydrogens (tertiary/aromatic N) is 2. The van der Waals surface area contributed by atoms with Crippen LogP contribution in [-0.2, 0) is 4.79 Å².